The SMILES string of the molecule is COOCN(COOC)c1ccc(C)cc1OCCOc1c(N(CC(=O)O)CC(=O)O)ccc2oc(-c3ncc(C(=O)O)o3)cc12. The van der Waals surface area contributed by atoms with E-state index in [0.717, 1.165) is 16.7 Å². The Bertz CT molecular complexity index is 1640. The van der Waals surface area contributed by atoms with Gasteiger partial charge in [0, 0.05) is 6.07 Å². The Labute approximate surface area is 260 Å². The molecular weight excluding hydrogens is 614 g/mol. The van der Waals surface area contributed by atoms with Crippen molar-refractivity contribution in [1.29, 1.82) is 0 Å². The first-order valence-electron chi connectivity index (χ1n) is 13.5. The second kappa shape index (κ2) is 15.6. The first-order valence-corrected chi connectivity index (χ1v) is 13.5. The van der Waals surface area contributed by atoms with Crippen molar-refractivity contribution in [1.82, 2.24) is 4.98 Å². The molecule has 0 atom stereocenters. The highest BCUT2D eigenvalue weighted by molar-refractivity contribution is 5.94. The minimum absolute atomic E-state index is 0.0132. The highest BCUT2D eigenvalue weighted by atomic mass is 17.2. The van der Waals surface area contributed by atoms with E-state index in [4.69, 9.17) is 37.9 Å². The predicted molar refractivity (Wildman–Crippen MR) is 157 cm³/mol. The topological polar surface area (TPSA) is 213 Å². The Morgan fingerprint density at radius 3 is 2.09 bits per heavy atom. The molecule has 0 aliphatic heterocycles. The molecule has 0 unspecified atom stereocenters. The summed E-state index contributed by atoms with van der Waals surface area (Å²) >= 11 is 0. The van der Waals surface area contributed by atoms with E-state index in [-0.39, 0.29) is 55.3 Å². The van der Waals surface area contributed by atoms with Crippen molar-refractivity contribution in [3.8, 4) is 23.1 Å². The van der Waals surface area contributed by atoms with Crippen LogP contribution >= 0.6 is 0 Å². The third kappa shape index (κ3) is 8.42. The molecule has 2 aromatic carbocycles. The lowest BCUT2D eigenvalue weighted by molar-refractivity contribution is -0.293. The first kappa shape index (κ1) is 33.5. The molecule has 0 bridgehead atoms. The number of aryl methyl sites for hydroxylation is 1. The maximum Gasteiger partial charge on any atom is 0.373 e. The van der Waals surface area contributed by atoms with Gasteiger partial charge in [0.05, 0.1) is 37.2 Å². The van der Waals surface area contributed by atoms with Crippen LogP contribution in [0.5, 0.6) is 11.5 Å². The molecule has 17 nitrogen and oxygen atoms in total. The number of aromatic carboxylic acids is 1. The van der Waals surface area contributed by atoms with Gasteiger partial charge < -0.3 is 43.4 Å². The molecular formula is C29H31N3O14. The number of fused-ring (bicyclic) bond motifs is 1. The van der Waals surface area contributed by atoms with Gasteiger partial charge in [-0.05, 0) is 36.8 Å². The van der Waals surface area contributed by atoms with Crippen LogP contribution in [0.1, 0.15) is 16.1 Å². The summed E-state index contributed by atoms with van der Waals surface area (Å²) in [6.45, 7) is 0.446. The van der Waals surface area contributed by atoms with Crippen molar-refractivity contribution in [2.24, 2.45) is 0 Å². The van der Waals surface area contributed by atoms with E-state index in [1.807, 2.05) is 13.0 Å². The lowest BCUT2D eigenvalue weighted by Gasteiger charge is -2.25. The van der Waals surface area contributed by atoms with Gasteiger partial charge in [0.2, 0.25) is 5.76 Å². The van der Waals surface area contributed by atoms with Gasteiger partial charge >= 0.3 is 17.9 Å². The van der Waals surface area contributed by atoms with Gasteiger partial charge in [0.1, 0.15) is 37.6 Å². The number of furan rings is 1. The van der Waals surface area contributed by atoms with Crippen LogP contribution in [0.15, 0.2) is 51.4 Å². The summed E-state index contributed by atoms with van der Waals surface area (Å²) in [7, 11) is 2.73. The van der Waals surface area contributed by atoms with Gasteiger partial charge in [-0.1, -0.05) is 6.07 Å². The molecule has 0 aliphatic carbocycles. The van der Waals surface area contributed by atoms with E-state index in [2.05, 4.69) is 4.98 Å². The number of benzene rings is 2. The van der Waals surface area contributed by atoms with Crippen molar-refractivity contribution >= 4 is 40.3 Å². The molecule has 4 rings (SSSR count). The molecule has 246 valence electrons. The van der Waals surface area contributed by atoms with Gasteiger partial charge in [0.15, 0.2) is 25.0 Å². The van der Waals surface area contributed by atoms with Crippen LogP contribution in [0.3, 0.4) is 0 Å². The fraction of sp³-hybridized carbons (Fsp3) is 0.310. The molecule has 2 aromatic heterocycles. The minimum atomic E-state index is -1.32. The zero-order chi connectivity index (χ0) is 33.2. The zero-order valence-corrected chi connectivity index (χ0v) is 25.0. The summed E-state index contributed by atoms with van der Waals surface area (Å²) in [6.07, 6.45) is 1.02. The first-order chi connectivity index (χ1) is 22.1. The number of oxazole rings is 1. The third-order valence-electron chi connectivity index (χ3n) is 6.25. The summed E-state index contributed by atoms with van der Waals surface area (Å²) in [5.41, 5.74) is 1.89. The van der Waals surface area contributed by atoms with Crippen LogP contribution in [-0.2, 0) is 29.1 Å². The van der Waals surface area contributed by atoms with Crippen molar-refractivity contribution < 1.29 is 67.6 Å². The van der Waals surface area contributed by atoms with Crippen molar-refractivity contribution in [3.63, 3.8) is 0 Å². The van der Waals surface area contributed by atoms with Crippen molar-refractivity contribution in [2.45, 2.75) is 6.92 Å². The van der Waals surface area contributed by atoms with Crippen molar-refractivity contribution in [3.05, 3.63) is 53.9 Å². The van der Waals surface area contributed by atoms with Crippen LogP contribution in [-0.4, -0.2) is 92.2 Å². The Morgan fingerprint density at radius 2 is 1.48 bits per heavy atom. The standard InChI is InChI=1S/C29H31N3O14/c1-17-4-5-19(32(15-43-39-2)16-44-40-3)22(10-17)41-8-9-42-27-18-11-23(28-30-12-24(46-28)29(37)38)45-21(18)7-6-20(27)31(13-25(33)34)14-26(35)36/h4-7,10-12H,8-9,13-16H2,1-3H3,(H,33,34)(H,35,36)(H,37,38). The van der Waals surface area contributed by atoms with Gasteiger partial charge in [-0.25, -0.2) is 29.3 Å². The second-order valence-corrected chi connectivity index (χ2v) is 9.45. The monoisotopic (exact) mass is 645 g/mol. The highest BCUT2D eigenvalue weighted by Gasteiger charge is 2.24. The van der Waals surface area contributed by atoms with Crippen LogP contribution in [0.2, 0.25) is 0 Å². The zero-order valence-electron chi connectivity index (χ0n) is 25.0. The lowest BCUT2D eigenvalue weighted by Crippen LogP contribution is -2.34. The summed E-state index contributed by atoms with van der Waals surface area (Å²) in [4.78, 5) is 60.8. The number of anilines is 2. The number of rotatable bonds is 19. The molecule has 0 amide bonds. The van der Waals surface area contributed by atoms with E-state index in [1.54, 1.807) is 17.0 Å². The summed E-state index contributed by atoms with van der Waals surface area (Å²) in [5, 5.41) is 28.5. The quantitative estimate of drug-likeness (QED) is 0.0576. The van der Waals surface area contributed by atoms with Crippen LogP contribution in [0.4, 0.5) is 11.4 Å². The van der Waals surface area contributed by atoms with Crippen molar-refractivity contribution in [2.75, 3.05) is 63.8 Å². The molecule has 0 saturated heterocycles. The average Bonchev–Trinajstić information content (AvgIpc) is 3.67. The molecule has 0 fully saturated rings. The molecule has 4 aromatic rings. The number of carbonyl (C=O) groups is 3. The summed E-state index contributed by atoms with van der Waals surface area (Å²) in [6, 6.07) is 9.87. The third-order valence-corrected chi connectivity index (χ3v) is 6.25. The number of hydrogen-bond acceptors (Lipinski definition) is 14. The summed E-state index contributed by atoms with van der Waals surface area (Å²) in [5.74, 6) is -3.78. The lowest BCUT2D eigenvalue weighted by atomic mass is 10.1. The van der Waals surface area contributed by atoms with E-state index in [0.29, 0.717) is 16.8 Å². The van der Waals surface area contributed by atoms with Crippen LogP contribution in [0, 0.1) is 6.92 Å². The smallest absolute Gasteiger partial charge is 0.373 e. The van der Waals surface area contributed by atoms with Gasteiger partial charge in [0.25, 0.3) is 5.89 Å². The largest absolute Gasteiger partial charge is 0.488 e. The Morgan fingerprint density at radius 1 is 0.826 bits per heavy atom. The number of carboxylic acids is 3. The molecule has 2 heterocycles. The molecule has 0 spiro atoms. The number of aliphatic carboxylic acids is 2. The molecule has 17 heteroatoms. The number of carboxylic acid groups (broad SMARTS) is 3. The number of hydrogen-bond donors (Lipinski definition) is 3. The Kier molecular flexibility index (Phi) is 11.4. The van der Waals surface area contributed by atoms with Gasteiger partial charge in [-0.15, -0.1) is 0 Å². The predicted octanol–water partition coefficient (Wildman–Crippen LogP) is 3.41. The minimum Gasteiger partial charge on any atom is -0.488 e. The molecule has 0 radical (unpaired) electrons. The molecule has 46 heavy (non-hydrogen) atoms. The van der Waals surface area contributed by atoms with Crippen LogP contribution in [0.25, 0.3) is 22.6 Å². The maximum absolute atomic E-state index is 11.6. The Hall–Kier alpha value is -5.36. The van der Waals surface area contributed by atoms with E-state index >= 15 is 0 Å². The maximum atomic E-state index is 11.6. The van der Waals surface area contributed by atoms with E-state index in [9.17, 15) is 29.7 Å². The number of nitrogens with zero attached hydrogens (tertiary/aromatic N) is 3. The molecule has 3 N–H and O–H groups in total. The summed E-state index contributed by atoms with van der Waals surface area (Å²) < 4.78 is 23.2. The van der Waals surface area contributed by atoms with Gasteiger partial charge in [-0.2, -0.15) is 0 Å². The highest BCUT2D eigenvalue weighted by Crippen LogP contribution is 2.40. The fourth-order valence-corrected chi connectivity index (χ4v) is 4.32. The fourth-order valence-electron chi connectivity index (χ4n) is 4.32. The van der Waals surface area contributed by atoms with Gasteiger partial charge in [-0.3, -0.25) is 9.59 Å². The normalized spacial score (nSPS) is 11.0. The molecule has 0 saturated carbocycles. The number of ether oxygens (including phenoxy) is 2. The van der Waals surface area contributed by atoms with Crippen LogP contribution < -0.4 is 19.3 Å². The second-order valence-electron chi connectivity index (χ2n) is 9.45. The average molecular weight is 646 g/mol. The van der Waals surface area contributed by atoms with E-state index in [1.165, 1.54) is 32.4 Å². The Balaban J connectivity index is 1.64. The number of aromatic nitrogens is 1. The molecule has 0 aliphatic rings. The van der Waals surface area contributed by atoms with E-state index < -0.39 is 36.8 Å².